The quantitative estimate of drug-likeness (QED) is 0.511. The number of nitrogens with zero attached hydrogens (tertiary/aromatic N) is 1. The van der Waals surface area contributed by atoms with Gasteiger partial charge in [0.05, 0.1) is 26.4 Å². The van der Waals surface area contributed by atoms with Gasteiger partial charge in [-0.25, -0.2) is 0 Å². The third kappa shape index (κ3) is 5.07. The van der Waals surface area contributed by atoms with Crippen LogP contribution in [0, 0.1) is 0 Å². The van der Waals surface area contributed by atoms with Crippen molar-refractivity contribution in [3.05, 3.63) is 0 Å². The van der Waals surface area contributed by atoms with Crippen molar-refractivity contribution in [2.45, 2.75) is 0 Å². The maximum atomic E-state index is 11.7. The summed E-state index contributed by atoms with van der Waals surface area (Å²) in [4.78, 5) is 0. The molecule has 1 aliphatic heterocycles. The van der Waals surface area contributed by atoms with E-state index in [1.165, 1.54) is 4.31 Å². The topological polar surface area (TPSA) is 67.9 Å². The van der Waals surface area contributed by atoms with Gasteiger partial charge in [0.1, 0.15) is 0 Å². The lowest BCUT2D eigenvalue weighted by atomic mass is 10.5. The second kappa shape index (κ2) is 7.57. The van der Waals surface area contributed by atoms with Crippen molar-refractivity contribution in [1.29, 1.82) is 0 Å². The number of alkyl halides is 1. The lowest BCUT2D eigenvalue weighted by Crippen LogP contribution is -2.47. The maximum Gasteiger partial charge on any atom is 0.279 e. The van der Waals surface area contributed by atoms with Crippen molar-refractivity contribution < 1.29 is 17.9 Å². The summed E-state index contributed by atoms with van der Waals surface area (Å²) in [5, 5.41) is 0.753. The van der Waals surface area contributed by atoms with Crippen LogP contribution < -0.4 is 4.72 Å². The molecule has 0 unspecified atom stereocenters. The summed E-state index contributed by atoms with van der Waals surface area (Å²) in [7, 11) is -3.36. The van der Waals surface area contributed by atoms with Crippen molar-refractivity contribution in [3.8, 4) is 0 Å². The lowest BCUT2D eigenvalue weighted by molar-refractivity contribution is 0.0722. The monoisotopic (exact) mass is 316 g/mol. The van der Waals surface area contributed by atoms with E-state index in [2.05, 4.69) is 20.7 Å². The molecule has 16 heavy (non-hydrogen) atoms. The second-order valence-corrected chi connectivity index (χ2v) is 5.76. The lowest BCUT2D eigenvalue weighted by Gasteiger charge is -2.26. The van der Waals surface area contributed by atoms with Crippen molar-refractivity contribution in [1.82, 2.24) is 9.03 Å². The Morgan fingerprint density at radius 1 is 1.31 bits per heavy atom. The van der Waals surface area contributed by atoms with Crippen molar-refractivity contribution in [3.63, 3.8) is 0 Å². The summed E-state index contributed by atoms with van der Waals surface area (Å²) in [5.41, 5.74) is 0. The Kier molecular flexibility index (Phi) is 6.78. The highest BCUT2D eigenvalue weighted by atomic mass is 79.9. The zero-order valence-corrected chi connectivity index (χ0v) is 11.4. The predicted octanol–water partition coefficient (Wildman–Crippen LogP) is -0.435. The maximum absolute atomic E-state index is 11.7. The Morgan fingerprint density at radius 3 is 2.62 bits per heavy atom. The summed E-state index contributed by atoms with van der Waals surface area (Å²) in [5.74, 6) is 0. The number of ether oxygens (including phenoxy) is 2. The number of hydrogen-bond acceptors (Lipinski definition) is 4. The van der Waals surface area contributed by atoms with E-state index in [0.717, 1.165) is 5.33 Å². The molecule has 1 rings (SSSR count). The Hall–Kier alpha value is 0.270. The van der Waals surface area contributed by atoms with Gasteiger partial charge in [-0.2, -0.15) is 17.4 Å². The fourth-order valence-corrected chi connectivity index (χ4v) is 2.66. The van der Waals surface area contributed by atoms with E-state index >= 15 is 0 Å². The average molecular weight is 317 g/mol. The summed E-state index contributed by atoms with van der Waals surface area (Å²) in [6.07, 6.45) is 0. The van der Waals surface area contributed by atoms with Gasteiger partial charge in [0.2, 0.25) is 0 Å². The van der Waals surface area contributed by atoms with Gasteiger partial charge in [-0.3, -0.25) is 0 Å². The van der Waals surface area contributed by atoms with Gasteiger partial charge in [0.15, 0.2) is 0 Å². The van der Waals surface area contributed by atoms with Crippen molar-refractivity contribution in [2.75, 3.05) is 51.4 Å². The van der Waals surface area contributed by atoms with E-state index in [0.29, 0.717) is 46.1 Å². The fraction of sp³-hybridized carbons (Fsp3) is 1.00. The first kappa shape index (κ1) is 14.3. The summed E-state index contributed by atoms with van der Waals surface area (Å²) < 4.78 is 37.5. The normalized spacial score (nSPS) is 18.8. The third-order valence-corrected chi connectivity index (χ3v) is 4.00. The van der Waals surface area contributed by atoms with E-state index in [1.54, 1.807) is 0 Å². The highest BCUT2D eigenvalue weighted by molar-refractivity contribution is 9.09. The molecule has 1 N–H and O–H groups in total. The molecule has 1 heterocycles. The molecule has 0 aromatic heterocycles. The van der Waals surface area contributed by atoms with E-state index in [4.69, 9.17) is 9.47 Å². The largest absolute Gasteiger partial charge is 0.379 e. The number of rotatable bonds is 7. The minimum Gasteiger partial charge on any atom is -0.379 e. The van der Waals surface area contributed by atoms with Crippen LogP contribution in [0.3, 0.4) is 0 Å². The Balaban J connectivity index is 2.22. The minimum absolute atomic E-state index is 0.298. The Labute approximate surface area is 105 Å². The Morgan fingerprint density at radius 2 is 2.00 bits per heavy atom. The molecule has 6 nitrogen and oxygen atoms in total. The predicted molar refractivity (Wildman–Crippen MR) is 63.9 cm³/mol. The fourth-order valence-electron chi connectivity index (χ4n) is 1.28. The molecule has 1 aliphatic rings. The number of morpholine rings is 1. The highest BCUT2D eigenvalue weighted by Crippen LogP contribution is 2.02. The van der Waals surface area contributed by atoms with Gasteiger partial charge >= 0.3 is 0 Å². The molecule has 96 valence electrons. The van der Waals surface area contributed by atoms with Gasteiger partial charge in [-0.05, 0) is 0 Å². The van der Waals surface area contributed by atoms with Crippen molar-refractivity contribution in [2.24, 2.45) is 0 Å². The molecular formula is C8H17BrN2O4S. The van der Waals surface area contributed by atoms with Crippen LogP contribution in [0.25, 0.3) is 0 Å². The number of halogens is 1. The SMILES string of the molecule is O=S(=O)(NCCOCCBr)N1CCOCC1. The number of hydrogen-bond donors (Lipinski definition) is 1. The van der Waals surface area contributed by atoms with Crippen LogP contribution in [0.2, 0.25) is 0 Å². The third-order valence-electron chi connectivity index (χ3n) is 2.06. The molecule has 0 spiro atoms. The summed E-state index contributed by atoms with van der Waals surface area (Å²) in [6.45, 7) is 3.01. The summed E-state index contributed by atoms with van der Waals surface area (Å²) >= 11 is 3.22. The van der Waals surface area contributed by atoms with Crippen LogP contribution in [0.4, 0.5) is 0 Å². The van der Waals surface area contributed by atoms with E-state index in [-0.39, 0.29) is 0 Å². The van der Waals surface area contributed by atoms with Crippen LogP contribution in [-0.2, 0) is 19.7 Å². The highest BCUT2D eigenvalue weighted by Gasteiger charge is 2.23. The minimum atomic E-state index is -3.36. The van der Waals surface area contributed by atoms with Gasteiger partial charge in [0.25, 0.3) is 10.2 Å². The molecular weight excluding hydrogens is 300 g/mol. The van der Waals surface area contributed by atoms with E-state index < -0.39 is 10.2 Å². The van der Waals surface area contributed by atoms with Gasteiger partial charge in [0, 0.05) is 25.0 Å². The summed E-state index contributed by atoms with van der Waals surface area (Å²) in [6, 6.07) is 0. The zero-order valence-electron chi connectivity index (χ0n) is 9.02. The molecule has 0 aromatic carbocycles. The molecule has 8 heteroatoms. The molecule has 1 saturated heterocycles. The molecule has 0 aliphatic carbocycles. The van der Waals surface area contributed by atoms with Crippen LogP contribution in [0.15, 0.2) is 0 Å². The smallest absolute Gasteiger partial charge is 0.279 e. The Bertz CT molecular complexity index is 280. The van der Waals surface area contributed by atoms with Crippen molar-refractivity contribution >= 4 is 26.1 Å². The van der Waals surface area contributed by atoms with Gasteiger partial charge < -0.3 is 9.47 Å². The average Bonchev–Trinajstić information content (AvgIpc) is 2.30. The van der Waals surface area contributed by atoms with Crippen LogP contribution in [0.5, 0.6) is 0 Å². The second-order valence-electron chi connectivity index (χ2n) is 3.21. The first-order valence-corrected chi connectivity index (χ1v) is 7.69. The molecule has 0 amide bonds. The standard InChI is InChI=1S/C8H17BrN2O4S/c9-1-5-14-6-2-10-16(12,13)11-3-7-15-8-4-11/h10H,1-8H2. The molecule has 1 fully saturated rings. The molecule has 0 atom stereocenters. The zero-order chi connectivity index (χ0) is 11.9. The molecule has 0 radical (unpaired) electrons. The molecule has 0 aromatic rings. The van der Waals surface area contributed by atoms with Crippen LogP contribution in [-0.4, -0.2) is 64.1 Å². The first-order valence-electron chi connectivity index (χ1n) is 5.13. The van der Waals surface area contributed by atoms with E-state index in [9.17, 15) is 8.42 Å². The van der Waals surface area contributed by atoms with Gasteiger partial charge in [-0.1, -0.05) is 15.9 Å². The van der Waals surface area contributed by atoms with Gasteiger partial charge in [-0.15, -0.1) is 0 Å². The van der Waals surface area contributed by atoms with Crippen LogP contribution in [0.1, 0.15) is 0 Å². The first-order chi connectivity index (χ1) is 7.67. The van der Waals surface area contributed by atoms with E-state index in [1.807, 2.05) is 0 Å². The molecule has 0 bridgehead atoms. The number of nitrogens with one attached hydrogen (secondary N) is 1. The van der Waals surface area contributed by atoms with Crippen LogP contribution >= 0.6 is 15.9 Å². The molecule has 0 saturated carbocycles.